The highest BCUT2D eigenvalue weighted by molar-refractivity contribution is 5.43. The second-order valence-electron chi connectivity index (χ2n) is 4.46. The maximum absolute atomic E-state index is 9.28. The van der Waals surface area contributed by atoms with E-state index in [0.29, 0.717) is 5.75 Å². The number of hydrogen-bond acceptors (Lipinski definition) is 4. The number of phenols is 2. The molecule has 112 valence electrons. The zero-order valence-electron chi connectivity index (χ0n) is 11.9. The molecular formula is C17H20O4. The van der Waals surface area contributed by atoms with Crippen molar-refractivity contribution in [1.29, 1.82) is 0 Å². The quantitative estimate of drug-likeness (QED) is 0.428. The lowest BCUT2D eigenvalue weighted by Crippen LogP contribution is -1.83. The number of aliphatic hydroxyl groups is 1. The van der Waals surface area contributed by atoms with E-state index in [-0.39, 0.29) is 18.1 Å². The van der Waals surface area contributed by atoms with Crippen molar-refractivity contribution in [2.24, 2.45) is 0 Å². The Kier molecular flexibility index (Phi) is 8.36. The first kappa shape index (κ1) is 16.8. The third kappa shape index (κ3) is 7.77. The standard InChI is InChI=1S/C17H20O4/c18-12-8-6-4-2-1-3-5-7-9-13-21-15-10-11-16(19)17(20)14-15/h10-11,14,18-20H,1-5,7,12H2. The Labute approximate surface area is 125 Å². The van der Waals surface area contributed by atoms with Gasteiger partial charge in [-0.15, -0.1) is 5.92 Å². The van der Waals surface area contributed by atoms with E-state index in [2.05, 4.69) is 23.9 Å². The maximum atomic E-state index is 9.28. The topological polar surface area (TPSA) is 69.9 Å². The van der Waals surface area contributed by atoms with Crippen LogP contribution in [0.2, 0.25) is 0 Å². The lowest BCUT2D eigenvalue weighted by Gasteiger charge is -1.99. The summed E-state index contributed by atoms with van der Waals surface area (Å²) in [7, 11) is 0. The van der Waals surface area contributed by atoms with E-state index in [9.17, 15) is 5.11 Å². The predicted molar refractivity (Wildman–Crippen MR) is 80.7 cm³/mol. The SMILES string of the molecule is OCC#CCCCCCCC#COc1ccc(O)c(O)c1. The monoisotopic (exact) mass is 288 g/mol. The van der Waals surface area contributed by atoms with Crippen molar-refractivity contribution in [3.63, 3.8) is 0 Å². The van der Waals surface area contributed by atoms with Gasteiger partial charge in [-0.3, -0.25) is 0 Å². The second kappa shape index (κ2) is 10.5. The average Bonchev–Trinajstić information content (AvgIpc) is 2.48. The Balaban J connectivity index is 2.09. The molecule has 0 fully saturated rings. The Hall–Kier alpha value is -2.30. The van der Waals surface area contributed by atoms with Gasteiger partial charge in [0.25, 0.3) is 0 Å². The summed E-state index contributed by atoms with van der Waals surface area (Å²) in [6, 6.07) is 4.21. The van der Waals surface area contributed by atoms with E-state index in [4.69, 9.17) is 14.9 Å². The Morgan fingerprint density at radius 3 is 2.24 bits per heavy atom. The molecule has 1 rings (SSSR count). The molecule has 0 aliphatic carbocycles. The van der Waals surface area contributed by atoms with Gasteiger partial charge < -0.3 is 20.1 Å². The van der Waals surface area contributed by atoms with Crippen molar-refractivity contribution >= 4 is 0 Å². The first-order valence-electron chi connectivity index (χ1n) is 6.97. The molecule has 0 radical (unpaired) electrons. The molecule has 0 spiro atoms. The molecule has 4 heteroatoms. The van der Waals surface area contributed by atoms with Crippen molar-refractivity contribution in [1.82, 2.24) is 0 Å². The normalized spacial score (nSPS) is 9.19. The number of ether oxygens (including phenoxy) is 1. The number of hydrogen-bond donors (Lipinski definition) is 3. The lowest BCUT2D eigenvalue weighted by molar-refractivity contribution is 0.350. The molecule has 0 saturated carbocycles. The third-order valence-corrected chi connectivity index (χ3v) is 2.75. The summed E-state index contributed by atoms with van der Waals surface area (Å²) in [4.78, 5) is 0. The maximum Gasteiger partial charge on any atom is 0.161 e. The largest absolute Gasteiger partial charge is 0.504 e. The summed E-state index contributed by atoms with van der Waals surface area (Å²) in [6.45, 7) is -0.0611. The molecule has 0 amide bonds. The lowest BCUT2D eigenvalue weighted by atomic mass is 10.1. The van der Waals surface area contributed by atoms with Crippen LogP contribution in [-0.4, -0.2) is 21.9 Å². The van der Waals surface area contributed by atoms with Gasteiger partial charge in [0.1, 0.15) is 18.5 Å². The highest BCUT2D eigenvalue weighted by atomic mass is 16.5. The van der Waals surface area contributed by atoms with Crippen LogP contribution in [-0.2, 0) is 0 Å². The Morgan fingerprint density at radius 1 is 0.857 bits per heavy atom. The van der Waals surface area contributed by atoms with Crippen LogP contribution in [0.25, 0.3) is 0 Å². The Morgan fingerprint density at radius 2 is 1.57 bits per heavy atom. The van der Waals surface area contributed by atoms with E-state index >= 15 is 0 Å². The molecular weight excluding hydrogens is 268 g/mol. The molecule has 0 bridgehead atoms. The number of aromatic hydroxyl groups is 2. The van der Waals surface area contributed by atoms with Gasteiger partial charge in [0.2, 0.25) is 0 Å². The van der Waals surface area contributed by atoms with Gasteiger partial charge in [0, 0.05) is 18.9 Å². The van der Waals surface area contributed by atoms with E-state index in [1.165, 1.54) is 18.2 Å². The number of phenolic OH excluding ortho intramolecular Hbond substituents is 2. The molecule has 0 aliphatic heterocycles. The fourth-order valence-electron chi connectivity index (χ4n) is 1.64. The van der Waals surface area contributed by atoms with Crippen molar-refractivity contribution < 1.29 is 20.1 Å². The molecule has 0 aromatic heterocycles. The molecule has 4 nitrogen and oxygen atoms in total. The van der Waals surface area contributed by atoms with Gasteiger partial charge in [-0.25, -0.2) is 0 Å². The fourth-order valence-corrected chi connectivity index (χ4v) is 1.64. The molecule has 3 N–H and O–H groups in total. The van der Waals surface area contributed by atoms with Crippen LogP contribution in [0.15, 0.2) is 18.2 Å². The van der Waals surface area contributed by atoms with Gasteiger partial charge in [0.15, 0.2) is 11.5 Å². The van der Waals surface area contributed by atoms with Crippen LogP contribution < -0.4 is 4.74 Å². The van der Waals surface area contributed by atoms with Crippen LogP contribution >= 0.6 is 0 Å². The van der Waals surface area contributed by atoms with Gasteiger partial charge in [-0.2, -0.15) is 0 Å². The number of benzene rings is 1. The third-order valence-electron chi connectivity index (χ3n) is 2.75. The summed E-state index contributed by atoms with van der Waals surface area (Å²) in [5.41, 5.74) is 0. The first-order chi connectivity index (χ1) is 10.2. The minimum absolute atomic E-state index is 0.0611. The molecule has 0 saturated heterocycles. The molecule has 1 aromatic carbocycles. The minimum atomic E-state index is -0.224. The van der Waals surface area contributed by atoms with Gasteiger partial charge in [0.05, 0.1) is 0 Å². The predicted octanol–water partition coefficient (Wildman–Crippen LogP) is 2.77. The van der Waals surface area contributed by atoms with E-state index in [1.807, 2.05) is 0 Å². The summed E-state index contributed by atoms with van der Waals surface area (Å²) in [5.74, 6) is 8.41. The molecule has 1 aromatic rings. The molecule has 21 heavy (non-hydrogen) atoms. The highest BCUT2D eigenvalue weighted by Crippen LogP contribution is 2.28. The second-order valence-corrected chi connectivity index (χ2v) is 4.46. The average molecular weight is 288 g/mol. The van der Waals surface area contributed by atoms with Gasteiger partial charge in [-0.1, -0.05) is 24.7 Å². The molecule has 0 atom stereocenters. The smallest absolute Gasteiger partial charge is 0.161 e. The zero-order chi connectivity index (χ0) is 15.3. The van der Waals surface area contributed by atoms with Crippen molar-refractivity contribution in [2.45, 2.75) is 38.5 Å². The fraction of sp³-hybridized carbons (Fsp3) is 0.412. The van der Waals surface area contributed by atoms with Crippen molar-refractivity contribution in [2.75, 3.05) is 6.61 Å². The summed E-state index contributed by atoms with van der Waals surface area (Å²) in [6.07, 6.45) is 8.41. The van der Waals surface area contributed by atoms with Crippen LogP contribution in [0.3, 0.4) is 0 Å². The zero-order valence-corrected chi connectivity index (χ0v) is 11.9. The molecule has 0 heterocycles. The number of aliphatic hydroxyl groups excluding tert-OH is 1. The van der Waals surface area contributed by atoms with Gasteiger partial charge in [-0.05, 0) is 25.0 Å². The van der Waals surface area contributed by atoms with Crippen molar-refractivity contribution in [3.8, 4) is 41.1 Å². The van der Waals surface area contributed by atoms with Crippen LogP contribution in [0.1, 0.15) is 38.5 Å². The van der Waals surface area contributed by atoms with E-state index < -0.39 is 0 Å². The summed E-state index contributed by atoms with van der Waals surface area (Å²) < 4.78 is 5.14. The van der Waals surface area contributed by atoms with Crippen LogP contribution in [0.5, 0.6) is 17.2 Å². The van der Waals surface area contributed by atoms with Crippen molar-refractivity contribution in [3.05, 3.63) is 18.2 Å². The minimum Gasteiger partial charge on any atom is -0.504 e. The van der Waals surface area contributed by atoms with Gasteiger partial charge >= 0.3 is 0 Å². The van der Waals surface area contributed by atoms with E-state index in [0.717, 1.165) is 38.5 Å². The van der Waals surface area contributed by atoms with Crippen LogP contribution in [0.4, 0.5) is 0 Å². The Bertz CT molecular complexity index is 543. The molecule has 0 aliphatic rings. The first-order valence-corrected chi connectivity index (χ1v) is 6.97. The molecule has 0 unspecified atom stereocenters. The number of unbranched alkanes of at least 4 members (excludes halogenated alkanes) is 5. The number of rotatable bonds is 6. The summed E-state index contributed by atoms with van der Waals surface area (Å²) in [5, 5.41) is 26.9. The van der Waals surface area contributed by atoms with E-state index in [1.54, 1.807) is 0 Å². The van der Waals surface area contributed by atoms with Crippen LogP contribution in [0, 0.1) is 23.9 Å². The summed E-state index contributed by atoms with van der Waals surface area (Å²) >= 11 is 0. The highest BCUT2D eigenvalue weighted by Gasteiger charge is 1.99.